The van der Waals surface area contributed by atoms with Gasteiger partial charge in [-0.15, -0.1) is 0 Å². The quantitative estimate of drug-likeness (QED) is 0.671. The van der Waals surface area contributed by atoms with E-state index in [1.54, 1.807) is 24.3 Å². The summed E-state index contributed by atoms with van der Waals surface area (Å²) in [6.45, 7) is -0.360. The van der Waals surface area contributed by atoms with E-state index in [1.165, 1.54) is 18.2 Å². The molecule has 1 heterocycles. The monoisotopic (exact) mass is 457 g/mol. The van der Waals surface area contributed by atoms with Crippen LogP contribution in [0.25, 0.3) is 0 Å². The fourth-order valence-corrected chi connectivity index (χ4v) is 2.96. The Balaban J connectivity index is 1.88. The number of carbonyl (C=O) groups is 3. The van der Waals surface area contributed by atoms with Gasteiger partial charge >= 0.3 is 12.1 Å². The third-order valence-corrected chi connectivity index (χ3v) is 4.43. The zero-order chi connectivity index (χ0) is 21.2. The van der Waals surface area contributed by atoms with E-state index >= 15 is 0 Å². The van der Waals surface area contributed by atoms with E-state index in [0.717, 1.165) is 5.56 Å². The second kappa shape index (κ2) is 8.49. The standard InChI is InChI=1S/C19H14Cl3NO6/c20-19(21,22)9-29-18(27)23-15(17(25)26)10-5-6-14-13(7-10)16(24)12-4-2-1-3-11(12)8-28-14/h1-7,15H,8-9H2,(H,23,27)(H,25,26)/t15-/m1/s1. The van der Waals surface area contributed by atoms with Crippen molar-refractivity contribution >= 4 is 52.6 Å². The number of ether oxygens (including phenoxy) is 2. The first-order chi connectivity index (χ1) is 13.7. The van der Waals surface area contributed by atoms with Crippen LogP contribution in [0.4, 0.5) is 4.79 Å². The minimum absolute atomic E-state index is 0.151. The first-order valence-corrected chi connectivity index (χ1v) is 9.41. The van der Waals surface area contributed by atoms with E-state index in [-0.39, 0.29) is 23.5 Å². The van der Waals surface area contributed by atoms with Crippen molar-refractivity contribution in [3.05, 3.63) is 64.7 Å². The van der Waals surface area contributed by atoms with Crippen molar-refractivity contribution < 1.29 is 29.0 Å². The number of carboxylic acids is 1. The van der Waals surface area contributed by atoms with E-state index in [0.29, 0.717) is 11.3 Å². The van der Waals surface area contributed by atoms with Gasteiger partial charge in [0.05, 0.1) is 5.56 Å². The molecule has 0 unspecified atom stereocenters. The van der Waals surface area contributed by atoms with Gasteiger partial charge in [-0.05, 0) is 17.7 Å². The number of hydrogen-bond acceptors (Lipinski definition) is 5. The lowest BCUT2D eigenvalue weighted by atomic mass is 9.96. The van der Waals surface area contributed by atoms with E-state index in [1.807, 2.05) is 0 Å². The molecule has 0 bridgehead atoms. The molecule has 29 heavy (non-hydrogen) atoms. The van der Waals surface area contributed by atoms with Crippen molar-refractivity contribution in [3.8, 4) is 5.75 Å². The Kier molecular flexibility index (Phi) is 6.21. The Morgan fingerprint density at radius 2 is 1.90 bits per heavy atom. The lowest BCUT2D eigenvalue weighted by Crippen LogP contribution is -2.35. The zero-order valence-corrected chi connectivity index (χ0v) is 16.9. The normalized spacial score (nSPS) is 14.0. The fraction of sp³-hybridized carbons (Fsp3) is 0.211. The molecule has 0 fully saturated rings. The summed E-state index contributed by atoms with van der Waals surface area (Å²) in [5, 5.41) is 11.7. The SMILES string of the molecule is O=C(N[C@@H](C(=O)O)c1ccc2c(c1)C(=O)c1ccccc1CO2)OCC(Cl)(Cl)Cl. The van der Waals surface area contributed by atoms with Gasteiger partial charge in [0.15, 0.2) is 11.8 Å². The third kappa shape index (κ3) is 5.12. The molecule has 1 aliphatic rings. The molecule has 1 amide bonds. The number of alkyl carbamates (subject to hydrolysis) is 1. The molecule has 2 N–H and O–H groups in total. The van der Waals surface area contributed by atoms with Gasteiger partial charge in [0, 0.05) is 11.1 Å². The van der Waals surface area contributed by atoms with E-state index in [9.17, 15) is 19.5 Å². The van der Waals surface area contributed by atoms with Crippen molar-refractivity contribution in [2.24, 2.45) is 0 Å². The van der Waals surface area contributed by atoms with Crippen LogP contribution in [-0.2, 0) is 16.1 Å². The number of rotatable bonds is 4. The molecule has 0 aliphatic carbocycles. The van der Waals surface area contributed by atoms with Gasteiger partial charge in [-0.25, -0.2) is 9.59 Å². The van der Waals surface area contributed by atoms with Gasteiger partial charge in [0.2, 0.25) is 3.79 Å². The maximum absolute atomic E-state index is 12.9. The fourth-order valence-electron chi connectivity index (χ4n) is 2.79. The minimum Gasteiger partial charge on any atom is -0.488 e. The lowest BCUT2D eigenvalue weighted by molar-refractivity contribution is -0.139. The number of alkyl halides is 3. The van der Waals surface area contributed by atoms with Gasteiger partial charge in [-0.3, -0.25) is 4.79 Å². The van der Waals surface area contributed by atoms with Crippen molar-refractivity contribution in [3.63, 3.8) is 0 Å². The molecule has 0 aromatic heterocycles. The van der Waals surface area contributed by atoms with Crippen LogP contribution in [0.1, 0.15) is 33.1 Å². The number of benzene rings is 2. The number of carboxylic acid groups (broad SMARTS) is 1. The smallest absolute Gasteiger partial charge is 0.408 e. The average Bonchev–Trinajstić information content (AvgIpc) is 2.81. The minimum atomic E-state index is -1.84. The number of aliphatic carboxylic acids is 1. The number of nitrogens with one attached hydrogen (secondary N) is 1. The van der Waals surface area contributed by atoms with Gasteiger partial charge in [0.1, 0.15) is 19.0 Å². The van der Waals surface area contributed by atoms with E-state index in [4.69, 9.17) is 44.3 Å². The summed E-state index contributed by atoms with van der Waals surface area (Å²) in [7, 11) is 0. The Bertz CT molecular complexity index is 973. The summed E-state index contributed by atoms with van der Waals surface area (Å²) < 4.78 is 8.55. The molecule has 1 aliphatic heterocycles. The molecule has 10 heteroatoms. The molecular weight excluding hydrogens is 445 g/mol. The molecule has 3 rings (SSSR count). The molecule has 0 saturated carbocycles. The molecule has 0 radical (unpaired) electrons. The average molecular weight is 459 g/mol. The maximum Gasteiger partial charge on any atom is 0.408 e. The topological polar surface area (TPSA) is 102 Å². The highest BCUT2D eigenvalue weighted by molar-refractivity contribution is 6.67. The largest absolute Gasteiger partial charge is 0.488 e. The number of hydrogen-bond donors (Lipinski definition) is 2. The number of halogens is 3. The predicted octanol–water partition coefficient (Wildman–Crippen LogP) is 4.03. The molecule has 0 saturated heterocycles. The van der Waals surface area contributed by atoms with Gasteiger partial charge < -0.3 is 19.9 Å². The summed E-state index contributed by atoms with van der Waals surface area (Å²) in [4.78, 5) is 36.5. The Morgan fingerprint density at radius 3 is 2.59 bits per heavy atom. The van der Waals surface area contributed by atoms with Crippen LogP contribution in [-0.4, -0.2) is 33.4 Å². The second-order valence-corrected chi connectivity index (χ2v) is 8.65. The predicted molar refractivity (Wildman–Crippen MR) is 106 cm³/mol. The van der Waals surface area contributed by atoms with Gasteiger partial charge in [-0.2, -0.15) is 0 Å². The maximum atomic E-state index is 12.9. The second-order valence-electron chi connectivity index (χ2n) is 6.14. The molecule has 1 atom stereocenters. The van der Waals surface area contributed by atoms with Crippen LogP contribution in [0, 0.1) is 0 Å². The van der Waals surface area contributed by atoms with Crippen LogP contribution in [0.2, 0.25) is 0 Å². The summed E-state index contributed by atoms with van der Waals surface area (Å²) in [6, 6.07) is 9.78. The summed E-state index contributed by atoms with van der Waals surface area (Å²) >= 11 is 16.5. The van der Waals surface area contributed by atoms with Crippen LogP contribution >= 0.6 is 34.8 Å². The highest BCUT2D eigenvalue weighted by Gasteiger charge is 2.29. The van der Waals surface area contributed by atoms with Gasteiger partial charge in [0.25, 0.3) is 0 Å². The van der Waals surface area contributed by atoms with Crippen LogP contribution in [0.15, 0.2) is 42.5 Å². The lowest BCUT2D eigenvalue weighted by Gasteiger charge is -2.18. The van der Waals surface area contributed by atoms with Gasteiger partial charge in [-0.1, -0.05) is 65.1 Å². The van der Waals surface area contributed by atoms with Crippen molar-refractivity contribution in [2.45, 2.75) is 16.4 Å². The number of carbonyl (C=O) groups excluding carboxylic acids is 2. The Labute approximate surface area is 180 Å². The molecular formula is C19H14Cl3NO6. The van der Waals surface area contributed by atoms with Crippen LogP contribution in [0.3, 0.4) is 0 Å². The molecule has 2 aromatic rings. The number of ketones is 1. The highest BCUT2D eigenvalue weighted by Crippen LogP contribution is 2.31. The first kappa shape index (κ1) is 21.2. The number of fused-ring (bicyclic) bond motifs is 2. The van der Waals surface area contributed by atoms with Crippen molar-refractivity contribution in [1.29, 1.82) is 0 Å². The summed E-state index contributed by atoms with van der Waals surface area (Å²) in [5.74, 6) is -1.35. The molecule has 152 valence electrons. The first-order valence-electron chi connectivity index (χ1n) is 8.28. The molecule has 7 nitrogen and oxygen atoms in total. The van der Waals surface area contributed by atoms with Crippen LogP contribution < -0.4 is 10.1 Å². The Morgan fingerprint density at radius 1 is 1.17 bits per heavy atom. The zero-order valence-electron chi connectivity index (χ0n) is 14.7. The number of amides is 1. The van der Waals surface area contributed by atoms with Crippen molar-refractivity contribution in [2.75, 3.05) is 6.61 Å². The van der Waals surface area contributed by atoms with Crippen LogP contribution in [0.5, 0.6) is 5.75 Å². The molecule has 2 aromatic carbocycles. The summed E-state index contributed by atoms with van der Waals surface area (Å²) in [5.41, 5.74) is 1.53. The Hall–Kier alpha value is -2.48. The van der Waals surface area contributed by atoms with E-state index < -0.39 is 28.5 Å². The highest BCUT2D eigenvalue weighted by atomic mass is 35.6. The molecule has 0 spiro atoms. The van der Waals surface area contributed by atoms with E-state index in [2.05, 4.69) is 5.32 Å². The summed E-state index contributed by atoms with van der Waals surface area (Å²) in [6.07, 6.45) is -1.09. The van der Waals surface area contributed by atoms with Crippen molar-refractivity contribution in [1.82, 2.24) is 5.32 Å². The third-order valence-electron chi connectivity index (χ3n) is 4.10.